The van der Waals surface area contributed by atoms with Crippen LogP contribution in [-0.4, -0.2) is 10.2 Å². The van der Waals surface area contributed by atoms with Crippen molar-refractivity contribution in [1.82, 2.24) is 0 Å². The molecule has 0 heterocycles. The third-order valence-corrected chi connectivity index (χ3v) is 3.33. The molecule has 0 atom stereocenters. The van der Waals surface area contributed by atoms with E-state index in [1.54, 1.807) is 0 Å². The molecule has 0 bridgehead atoms. The summed E-state index contributed by atoms with van der Waals surface area (Å²) in [6.07, 6.45) is 0. The molecule has 0 aliphatic carbocycles. The van der Waals surface area contributed by atoms with Gasteiger partial charge in [0.2, 0.25) is 5.82 Å². The van der Waals surface area contributed by atoms with Crippen LogP contribution in [0.2, 0.25) is 0 Å². The molecule has 3 aromatic carbocycles. The lowest BCUT2D eigenvalue weighted by molar-refractivity contribution is 0.370. The Balaban J connectivity index is 2.64. The Hall–Kier alpha value is -2.64. The van der Waals surface area contributed by atoms with Crippen LogP contribution in [0.3, 0.4) is 0 Å². The summed E-state index contributed by atoms with van der Waals surface area (Å²) in [5, 5.41) is 15.8. The van der Waals surface area contributed by atoms with Crippen LogP contribution >= 0.6 is 0 Å². The fourth-order valence-electron chi connectivity index (χ4n) is 2.22. The van der Waals surface area contributed by atoms with E-state index in [2.05, 4.69) is 0 Å². The summed E-state index contributed by atoms with van der Waals surface area (Å²) in [4.78, 5) is 0. The van der Waals surface area contributed by atoms with Gasteiger partial charge in [0.1, 0.15) is 0 Å². The molecular weight excluding hydrogens is 314 g/mol. The maximum Gasteiger partial charge on any atom is 0.204 e. The van der Waals surface area contributed by atoms with Gasteiger partial charge in [-0.2, -0.15) is 4.39 Å². The molecule has 0 fully saturated rings. The Kier molecular flexibility index (Phi) is 2.88. The highest BCUT2D eigenvalue weighted by Crippen LogP contribution is 2.41. The first-order valence-corrected chi connectivity index (χ1v) is 5.74. The van der Waals surface area contributed by atoms with Gasteiger partial charge in [0.05, 0.1) is 0 Å². The molecule has 0 aliphatic rings. The first kappa shape index (κ1) is 14.3. The maximum atomic E-state index is 13.7. The van der Waals surface area contributed by atoms with Gasteiger partial charge >= 0.3 is 0 Å². The van der Waals surface area contributed by atoms with Crippen molar-refractivity contribution in [2.45, 2.75) is 0 Å². The minimum Gasteiger partial charge on any atom is -0.504 e. The van der Waals surface area contributed by atoms with E-state index in [4.69, 9.17) is 0 Å². The molecule has 0 saturated carbocycles. The minimum absolute atomic E-state index is 0.517. The molecular formula is C14H4F6O2. The molecule has 3 aromatic rings. The maximum absolute atomic E-state index is 13.7. The quantitative estimate of drug-likeness (QED) is 0.214. The molecule has 0 unspecified atom stereocenters. The Morgan fingerprint density at radius 1 is 0.455 bits per heavy atom. The summed E-state index contributed by atoms with van der Waals surface area (Å²) >= 11 is 0. The van der Waals surface area contributed by atoms with Crippen LogP contribution in [0.25, 0.3) is 21.5 Å². The highest BCUT2D eigenvalue weighted by molar-refractivity contribution is 6.02. The number of rotatable bonds is 0. The zero-order valence-electron chi connectivity index (χ0n) is 10.3. The standard InChI is InChI=1S/C14H4F6O2/c15-7-3-1-5-6(13(21)14(22)12(20)9(5)17)2-4(3)8(16)11(19)10(7)18/h1-2,21-22H. The molecule has 3 rings (SSSR count). The van der Waals surface area contributed by atoms with Crippen molar-refractivity contribution in [2.75, 3.05) is 0 Å². The number of aromatic hydroxyl groups is 2. The van der Waals surface area contributed by atoms with E-state index in [-0.39, 0.29) is 0 Å². The summed E-state index contributed by atoms with van der Waals surface area (Å²) < 4.78 is 80.9. The molecule has 8 heteroatoms. The number of phenolic OH excluding ortho intramolecular Hbond substituents is 2. The van der Waals surface area contributed by atoms with Gasteiger partial charge in [-0.15, -0.1) is 0 Å². The molecule has 0 aromatic heterocycles. The monoisotopic (exact) mass is 318 g/mol. The third-order valence-electron chi connectivity index (χ3n) is 3.33. The molecule has 2 N–H and O–H groups in total. The third kappa shape index (κ3) is 1.63. The fourth-order valence-corrected chi connectivity index (χ4v) is 2.22. The number of halogens is 6. The van der Waals surface area contributed by atoms with Crippen LogP contribution in [-0.2, 0) is 0 Å². The molecule has 0 amide bonds. The average Bonchev–Trinajstić information content (AvgIpc) is 2.52. The first-order valence-electron chi connectivity index (χ1n) is 5.74. The van der Waals surface area contributed by atoms with E-state index in [0.29, 0.717) is 12.1 Å². The van der Waals surface area contributed by atoms with Crippen molar-refractivity contribution in [3.8, 4) is 11.5 Å². The molecule has 0 aliphatic heterocycles. The Morgan fingerprint density at radius 2 is 0.818 bits per heavy atom. The van der Waals surface area contributed by atoms with Crippen molar-refractivity contribution in [3.05, 3.63) is 47.0 Å². The van der Waals surface area contributed by atoms with E-state index in [1.165, 1.54) is 0 Å². The Morgan fingerprint density at radius 3 is 1.32 bits per heavy atom. The summed E-state index contributed by atoms with van der Waals surface area (Å²) in [5.74, 6) is -13.8. The molecule has 0 spiro atoms. The van der Waals surface area contributed by atoms with Crippen molar-refractivity contribution >= 4 is 21.5 Å². The van der Waals surface area contributed by atoms with Gasteiger partial charge < -0.3 is 10.2 Å². The van der Waals surface area contributed by atoms with E-state index in [1.807, 2.05) is 0 Å². The molecule has 0 radical (unpaired) electrons. The topological polar surface area (TPSA) is 40.5 Å². The van der Waals surface area contributed by atoms with Crippen LogP contribution in [0.15, 0.2) is 12.1 Å². The lowest BCUT2D eigenvalue weighted by Gasteiger charge is -2.10. The highest BCUT2D eigenvalue weighted by Gasteiger charge is 2.24. The van der Waals surface area contributed by atoms with Gasteiger partial charge in [-0.05, 0) is 12.1 Å². The molecule has 114 valence electrons. The number of hydrogen-bond acceptors (Lipinski definition) is 2. The van der Waals surface area contributed by atoms with Crippen molar-refractivity contribution in [1.29, 1.82) is 0 Å². The predicted molar refractivity (Wildman–Crippen MR) is 64.5 cm³/mol. The lowest BCUT2D eigenvalue weighted by atomic mass is 10.0. The lowest BCUT2D eigenvalue weighted by Crippen LogP contribution is -1.99. The van der Waals surface area contributed by atoms with Crippen LogP contribution in [0.5, 0.6) is 11.5 Å². The van der Waals surface area contributed by atoms with Crippen molar-refractivity contribution in [3.63, 3.8) is 0 Å². The fraction of sp³-hybridized carbons (Fsp3) is 0. The number of hydrogen-bond donors (Lipinski definition) is 2. The smallest absolute Gasteiger partial charge is 0.204 e. The average molecular weight is 318 g/mol. The number of phenols is 2. The number of benzene rings is 3. The minimum atomic E-state index is -2.10. The van der Waals surface area contributed by atoms with Gasteiger partial charge in [0.25, 0.3) is 0 Å². The van der Waals surface area contributed by atoms with Crippen LogP contribution in [0, 0.1) is 34.9 Å². The van der Waals surface area contributed by atoms with Crippen molar-refractivity contribution < 1.29 is 36.6 Å². The summed E-state index contributed by atoms with van der Waals surface area (Å²) in [6.45, 7) is 0. The molecule has 0 saturated heterocycles. The van der Waals surface area contributed by atoms with E-state index in [9.17, 15) is 36.6 Å². The Bertz CT molecular complexity index is 815. The zero-order valence-corrected chi connectivity index (χ0v) is 10.3. The van der Waals surface area contributed by atoms with E-state index in [0.717, 1.165) is 0 Å². The largest absolute Gasteiger partial charge is 0.504 e. The molecule has 2 nitrogen and oxygen atoms in total. The second-order valence-electron chi connectivity index (χ2n) is 4.52. The van der Waals surface area contributed by atoms with Crippen LogP contribution < -0.4 is 0 Å². The second kappa shape index (κ2) is 4.43. The first-order chi connectivity index (χ1) is 10.3. The van der Waals surface area contributed by atoms with Gasteiger partial charge in [-0.25, -0.2) is 22.0 Å². The van der Waals surface area contributed by atoms with Gasteiger partial charge in [0, 0.05) is 21.5 Å². The SMILES string of the molecule is Oc1c(F)c(F)c2cc3c(F)c(F)c(F)c(F)c3cc2c1O. The number of fused-ring (bicyclic) bond motifs is 2. The summed E-state index contributed by atoms with van der Waals surface area (Å²) in [6, 6.07) is 1.10. The van der Waals surface area contributed by atoms with Crippen molar-refractivity contribution in [2.24, 2.45) is 0 Å². The predicted octanol–water partition coefficient (Wildman–Crippen LogP) is 4.24. The zero-order chi connectivity index (χ0) is 16.3. The van der Waals surface area contributed by atoms with E-state index >= 15 is 0 Å². The van der Waals surface area contributed by atoms with Gasteiger partial charge in [0.15, 0.2) is 40.6 Å². The highest BCUT2D eigenvalue weighted by atomic mass is 19.2. The summed E-state index contributed by atoms with van der Waals surface area (Å²) in [5.41, 5.74) is 0. The van der Waals surface area contributed by atoms with Crippen LogP contribution in [0.4, 0.5) is 26.3 Å². The van der Waals surface area contributed by atoms with Crippen LogP contribution in [0.1, 0.15) is 0 Å². The molecule has 22 heavy (non-hydrogen) atoms. The second-order valence-corrected chi connectivity index (χ2v) is 4.52. The van der Waals surface area contributed by atoms with Gasteiger partial charge in [-0.1, -0.05) is 0 Å². The van der Waals surface area contributed by atoms with E-state index < -0.39 is 67.9 Å². The van der Waals surface area contributed by atoms with Gasteiger partial charge in [-0.3, -0.25) is 0 Å². The summed E-state index contributed by atoms with van der Waals surface area (Å²) in [7, 11) is 0. The Labute approximate surface area is 117 Å². The normalized spacial score (nSPS) is 11.5.